The smallest absolute Gasteiger partial charge is 0.142 e. The number of nitrogens with one attached hydrogen (secondary N) is 1. The van der Waals surface area contributed by atoms with Gasteiger partial charge in [0.1, 0.15) is 5.01 Å². The molecule has 4 nitrogen and oxygen atoms in total. The molecule has 2 heterocycles. The van der Waals surface area contributed by atoms with Gasteiger partial charge in [0.05, 0.1) is 11.4 Å². The second-order valence-corrected chi connectivity index (χ2v) is 6.79. The average molecular weight is 317 g/mol. The molecule has 0 aliphatic heterocycles. The molecule has 2 unspecified atom stereocenters. The highest BCUT2D eigenvalue weighted by molar-refractivity contribution is 7.13. The van der Waals surface area contributed by atoms with Crippen LogP contribution in [0.3, 0.4) is 0 Å². The molecular weight excluding hydrogens is 294 g/mol. The number of nitrogens with zero attached hydrogens (tertiary/aromatic N) is 2. The lowest BCUT2D eigenvalue weighted by molar-refractivity contribution is 0.181. The first-order chi connectivity index (χ1) is 10.9. The van der Waals surface area contributed by atoms with Crippen LogP contribution < -0.4 is 5.32 Å². The molecule has 1 aliphatic carbocycles. The fourth-order valence-corrected chi connectivity index (χ4v) is 3.90. The van der Waals surface area contributed by atoms with Gasteiger partial charge in [-0.1, -0.05) is 25.3 Å². The molecule has 5 heteroatoms. The van der Waals surface area contributed by atoms with E-state index >= 15 is 0 Å². The van der Waals surface area contributed by atoms with Crippen LogP contribution in [0.4, 0.5) is 0 Å². The highest BCUT2D eigenvalue weighted by Gasteiger charge is 2.22. The zero-order valence-electron chi connectivity index (χ0n) is 12.7. The molecule has 2 aromatic heterocycles. The summed E-state index contributed by atoms with van der Waals surface area (Å²) in [6, 6.07) is 6.30. The van der Waals surface area contributed by atoms with E-state index in [0.29, 0.717) is 12.0 Å². The number of hydrogen-bond donors (Lipinski definition) is 2. The summed E-state index contributed by atoms with van der Waals surface area (Å²) in [5.41, 5.74) is 1.99. The van der Waals surface area contributed by atoms with Crippen molar-refractivity contribution in [3.8, 4) is 10.7 Å². The fraction of sp³-hybridized carbons (Fsp3) is 0.529. The molecule has 0 amide bonds. The zero-order chi connectivity index (χ0) is 15.2. The van der Waals surface area contributed by atoms with E-state index < -0.39 is 0 Å². The lowest BCUT2D eigenvalue weighted by Gasteiger charge is -2.24. The Bertz CT molecular complexity index is 572. The topological polar surface area (TPSA) is 58.0 Å². The zero-order valence-corrected chi connectivity index (χ0v) is 13.6. The molecular formula is C17H23N3OS. The number of pyridine rings is 1. The highest BCUT2D eigenvalue weighted by atomic mass is 32.1. The van der Waals surface area contributed by atoms with Crippen molar-refractivity contribution in [3.05, 3.63) is 35.5 Å². The molecule has 1 fully saturated rings. The first-order valence-electron chi connectivity index (χ1n) is 8.07. The van der Waals surface area contributed by atoms with E-state index in [1.54, 1.807) is 17.5 Å². The van der Waals surface area contributed by atoms with Crippen LogP contribution >= 0.6 is 11.3 Å². The Morgan fingerprint density at radius 3 is 2.95 bits per heavy atom. The van der Waals surface area contributed by atoms with Crippen LogP contribution in [0, 0.1) is 5.92 Å². The van der Waals surface area contributed by atoms with Gasteiger partial charge in [0.25, 0.3) is 0 Å². The van der Waals surface area contributed by atoms with E-state index in [1.807, 2.05) is 18.2 Å². The van der Waals surface area contributed by atoms with Crippen LogP contribution in [0.1, 0.15) is 37.8 Å². The summed E-state index contributed by atoms with van der Waals surface area (Å²) >= 11 is 1.64. The minimum Gasteiger partial charge on any atom is -0.396 e. The number of aromatic nitrogens is 2. The second kappa shape index (κ2) is 7.81. The Kier molecular flexibility index (Phi) is 5.53. The molecule has 22 heavy (non-hydrogen) atoms. The van der Waals surface area contributed by atoms with Gasteiger partial charge in [0.15, 0.2) is 0 Å². The molecule has 0 spiro atoms. The standard InChI is InChI=1S/C17H23N3OS/c21-11-13-6-2-1-3-7-15(13)19-10-14-12-22-17(20-14)16-8-4-5-9-18-16/h4-5,8-9,12-13,15,19,21H,1-3,6-7,10-11H2. The third-order valence-corrected chi connectivity index (χ3v) is 5.29. The highest BCUT2D eigenvalue weighted by Crippen LogP contribution is 2.24. The average Bonchev–Trinajstić information content (AvgIpc) is 2.92. The molecule has 2 aromatic rings. The molecule has 1 saturated carbocycles. The van der Waals surface area contributed by atoms with Crippen molar-refractivity contribution in [2.45, 2.75) is 44.7 Å². The molecule has 0 aromatic carbocycles. The van der Waals surface area contributed by atoms with E-state index in [9.17, 15) is 5.11 Å². The summed E-state index contributed by atoms with van der Waals surface area (Å²) in [4.78, 5) is 9.01. The van der Waals surface area contributed by atoms with Crippen LogP contribution in [-0.2, 0) is 6.54 Å². The summed E-state index contributed by atoms with van der Waals surface area (Å²) in [6.45, 7) is 1.05. The van der Waals surface area contributed by atoms with Crippen molar-refractivity contribution in [1.29, 1.82) is 0 Å². The van der Waals surface area contributed by atoms with Crippen LogP contribution in [0.15, 0.2) is 29.8 Å². The third kappa shape index (κ3) is 3.91. The first kappa shape index (κ1) is 15.6. The van der Waals surface area contributed by atoms with Crippen LogP contribution in [0.25, 0.3) is 10.7 Å². The van der Waals surface area contributed by atoms with Gasteiger partial charge in [-0.2, -0.15) is 0 Å². The Morgan fingerprint density at radius 1 is 1.23 bits per heavy atom. The SMILES string of the molecule is OCC1CCCCCC1NCc1csc(-c2ccccn2)n1. The molecule has 0 radical (unpaired) electrons. The Hall–Kier alpha value is -1.30. The predicted octanol–water partition coefficient (Wildman–Crippen LogP) is 3.24. The molecule has 2 atom stereocenters. The summed E-state index contributed by atoms with van der Waals surface area (Å²) in [6.07, 6.45) is 7.86. The van der Waals surface area contributed by atoms with Crippen molar-refractivity contribution in [2.24, 2.45) is 5.92 Å². The Balaban J connectivity index is 1.60. The van der Waals surface area contributed by atoms with Gasteiger partial charge in [0, 0.05) is 30.8 Å². The number of aliphatic hydroxyl groups excluding tert-OH is 1. The van der Waals surface area contributed by atoms with Crippen LogP contribution in [0.5, 0.6) is 0 Å². The number of hydrogen-bond acceptors (Lipinski definition) is 5. The minimum absolute atomic E-state index is 0.286. The molecule has 3 rings (SSSR count). The van der Waals surface area contributed by atoms with Gasteiger partial charge in [-0.3, -0.25) is 4.98 Å². The lowest BCUT2D eigenvalue weighted by atomic mass is 9.95. The van der Waals surface area contributed by atoms with E-state index in [-0.39, 0.29) is 6.61 Å². The maximum atomic E-state index is 9.57. The number of thiazole rings is 1. The summed E-state index contributed by atoms with van der Waals surface area (Å²) in [5, 5.41) is 16.3. The van der Waals surface area contributed by atoms with E-state index in [4.69, 9.17) is 0 Å². The Labute approximate surface area is 135 Å². The van der Waals surface area contributed by atoms with E-state index in [1.165, 1.54) is 19.3 Å². The van der Waals surface area contributed by atoms with Crippen molar-refractivity contribution in [3.63, 3.8) is 0 Å². The Morgan fingerprint density at radius 2 is 2.14 bits per heavy atom. The van der Waals surface area contributed by atoms with Crippen molar-refractivity contribution in [1.82, 2.24) is 15.3 Å². The number of rotatable bonds is 5. The normalized spacial score (nSPS) is 22.4. The lowest BCUT2D eigenvalue weighted by Crippen LogP contribution is -2.36. The fourth-order valence-electron chi connectivity index (χ4n) is 3.10. The largest absolute Gasteiger partial charge is 0.396 e. The number of aliphatic hydroxyl groups is 1. The van der Waals surface area contributed by atoms with Gasteiger partial charge in [-0.05, 0) is 30.9 Å². The maximum absolute atomic E-state index is 9.57. The molecule has 118 valence electrons. The van der Waals surface area contributed by atoms with Gasteiger partial charge in [-0.15, -0.1) is 11.3 Å². The predicted molar refractivity (Wildman–Crippen MR) is 89.6 cm³/mol. The summed E-state index contributed by atoms with van der Waals surface area (Å²) in [7, 11) is 0. The first-order valence-corrected chi connectivity index (χ1v) is 8.95. The van der Waals surface area contributed by atoms with Gasteiger partial charge < -0.3 is 10.4 Å². The molecule has 0 bridgehead atoms. The van der Waals surface area contributed by atoms with Crippen molar-refractivity contribution < 1.29 is 5.11 Å². The minimum atomic E-state index is 0.286. The van der Waals surface area contributed by atoms with Gasteiger partial charge in [-0.25, -0.2) is 4.98 Å². The van der Waals surface area contributed by atoms with Crippen LogP contribution in [0.2, 0.25) is 0 Å². The third-order valence-electron chi connectivity index (χ3n) is 4.37. The quantitative estimate of drug-likeness (QED) is 0.831. The van der Waals surface area contributed by atoms with Crippen LogP contribution in [-0.4, -0.2) is 27.7 Å². The maximum Gasteiger partial charge on any atom is 0.142 e. The molecule has 2 N–H and O–H groups in total. The van der Waals surface area contributed by atoms with Gasteiger partial charge >= 0.3 is 0 Å². The summed E-state index contributed by atoms with van der Waals surface area (Å²) < 4.78 is 0. The van der Waals surface area contributed by atoms with E-state index in [2.05, 4.69) is 20.7 Å². The van der Waals surface area contributed by atoms with Crippen molar-refractivity contribution >= 4 is 11.3 Å². The second-order valence-electron chi connectivity index (χ2n) is 5.93. The molecule has 1 aliphatic rings. The molecule has 0 saturated heterocycles. The summed E-state index contributed by atoms with van der Waals surface area (Å²) in [5.74, 6) is 0.386. The van der Waals surface area contributed by atoms with Crippen molar-refractivity contribution in [2.75, 3.05) is 6.61 Å². The van der Waals surface area contributed by atoms with E-state index in [0.717, 1.165) is 35.8 Å². The van der Waals surface area contributed by atoms with Gasteiger partial charge in [0.2, 0.25) is 0 Å². The monoisotopic (exact) mass is 317 g/mol.